The van der Waals surface area contributed by atoms with Gasteiger partial charge in [-0.2, -0.15) is 0 Å². The van der Waals surface area contributed by atoms with Gasteiger partial charge in [-0.25, -0.2) is 9.89 Å². The summed E-state index contributed by atoms with van der Waals surface area (Å²) in [5.41, 5.74) is 2.69. The van der Waals surface area contributed by atoms with Crippen molar-refractivity contribution in [3.05, 3.63) is 72.6 Å². The topological polar surface area (TPSA) is 126 Å². The molecule has 2 heterocycles. The number of carbonyl (C=O) groups is 1. The van der Waals surface area contributed by atoms with Crippen LogP contribution in [0.5, 0.6) is 11.5 Å². The zero-order chi connectivity index (χ0) is 20.1. The normalized spacial score (nSPS) is 10.5. The molecule has 1 amide bonds. The number of nitrogens with one attached hydrogen (secondary N) is 2. The minimum Gasteiger partial charge on any atom is -0.507 e. The van der Waals surface area contributed by atoms with E-state index in [9.17, 15) is 9.90 Å². The van der Waals surface area contributed by atoms with Crippen molar-refractivity contribution in [3.8, 4) is 34.0 Å². The molecule has 0 radical (unpaired) electrons. The van der Waals surface area contributed by atoms with E-state index in [-0.39, 0.29) is 11.5 Å². The molecular weight excluding hydrogens is 372 g/mol. The molecule has 2 aromatic heterocycles. The number of ether oxygens (including phenoxy) is 1. The fraction of sp³-hybridized carbons (Fsp3) is 0.0500. The van der Waals surface area contributed by atoms with Crippen molar-refractivity contribution < 1.29 is 14.6 Å². The molecule has 0 fully saturated rings. The maximum Gasteiger partial charge on any atom is 0.412 e. The summed E-state index contributed by atoms with van der Waals surface area (Å²) < 4.78 is 5.34. The number of tetrazole rings is 1. The number of hydrogen-bond donors (Lipinski definition) is 3. The van der Waals surface area contributed by atoms with Crippen LogP contribution in [-0.2, 0) is 6.54 Å². The van der Waals surface area contributed by atoms with Gasteiger partial charge in [0.1, 0.15) is 11.5 Å². The number of aromatic nitrogens is 5. The molecule has 2 aromatic carbocycles. The Labute approximate surface area is 165 Å². The first kappa shape index (κ1) is 18.1. The van der Waals surface area contributed by atoms with E-state index in [4.69, 9.17) is 4.74 Å². The minimum atomic E-state index is -0.592. The quantitative estimate of drug-likeness (QED) is 0.480. The maximum atomic E-state index is 12.1. The summed E-state index contributed by atoms with van der Waals surface area (Å²) in [5, 5.41) is 26.5. The third-order valence-electron chi connectivity index (χ3n) is 4.13. The first-order chi connectivity index (χ1) is 14.2. The molecule has 0 spiro atoms. The number of carbonyl (C=O) groups excluding carboxylic acids is 1. The summed E-state index contributed by atoms with van der Waals surface area (Å²) >= 11 is 0. The Morgan fingerprint density at radius 3 is 2.69 bits per heavy atom. The van der Waals surface area contributed by atoms with Gasteiger partial charge in [0.25, 0.3) is 0 Å². The zero-order valence-corrected chi connectivity index (χ0v) is 15.1. The number of pyridine rings is 1. The molecule has 29 heavy (non-hydrogen) atoms. The Balaban J connectivity index is 1.51. The fourth-order valence-corrected chi connectivity index (χ4v) is 2.72. The molecule has 3 N–H and O–H groups in total. The second-order valence-corrected chi connectivity index (χ2v) is 6.12. The summed E-state index contributed by atoms with van der Waals surface area (Å²) in [6.45, 7) is 0.349. The molecular formula is C20H16N6O3. The number of H-pyrrole nitrogens is 1. The van der Waals surface area contributed by atoms with E-state index < -0.39 is 6.09 Å². The fourth-order valence-electron chi connectivity index (χ4n) is 2.72. The van der Waals surface area contributed by atoms with Crippen molar-refractivity contribution in [1.82, 2.24) is 30.9 Å². The number of benzene rings is 2. The molecule has 4 aromatic rings. The van der Waals surface area contributed by atoms with Gasteiger partial charge in [0.15, 0.2) is 5.82 Å². The predicted octanol–water partition coefficient (Wildman–Crippen LogP) is 2.92. The summed E-state index contributed by atoms with van der Waals surface area (Å²) in [7, 11) is 0. The third-order valence-corrected chi connectivity index (χ3v) is 4.13. The largest absolute Gasteiger partial charge is 0.507 e. The van der Waals surface area contributed by atoms with Gasteiger partial charge in [0, 0.05) is 35.6 Å². The number of amides is 1. The molecule has 0 unspecified atom stereocenters. The smallest absolute Gasteiger partial charge is 0.412 e. The number of rotatable bonds is 5. The number of nitrogens with zero attached hydrogens (tertiary/aromatic N) is 4. The maximum absolute atomic E-state index is 12.1. The van der Waals surface area contributed by atoms with Crippen LogP contribution in [0.3, 0.4) is 0 Å². The minimum absolute atomic E-state index is 0.0247. The lowest BCUT2D eigenvalue weighted by molar-refractivity contribution is 0.200. The van der Waals surface area contributed by atoms with E-state index in [1.54, 1.807) is 24.5 Å². The highest BCUT2D eigenvalue weighted by Crippen LogP contribution is 2.33. The molecule has 4 rings (SSSR count). The lowest BCUT2D eigenvalue weighted by atomic mass is 10.0. The molecule has 9 heteroatoms. The van der Waals surface area contributed by atoms with Gasteiger partial charge in [-0.3, -0.25) is 4.98 Å². The molecule has 0 aliphatic carbocycles. The molecule has 0 bridgehead atoms. The van der Waals surface area contributed by atoms with Gasteiger partial charge < -0.3 is 15.2 Å². The summed E-state index contributed by atoms with van der Waals surface area (Å²) in [4.78, 5) is 16.3. The number of aromatic amines is 1. The van der Waals surface area contributed by atoms with E-state index >= 15 is 0 Å². The molecule has 0 aliphatic rings. The van der Waals surface area contributed by atoms with Crippen LogP contribution >= 0.6 is 0 Å². The van der Waals surface area contributed by atoms with Gasteiger partial charge in [0.2, 0.25) is 0 Å². The average molecular weight is 388 g/mol. The van der Waals surface area contributed by atoms with E-state index in [0.717, 1.165) is 5.56 Å². The first-order valence-corrected chi connectivity index (χ1v) is 8.71. The number of aromatic hydroxyl groups is 1. The second kappa shape index (κ2) is 8.17. The Kier molecular flexibility index (Phi) is 5.10. The molecule has 9 nitrogen and oxygen atoms in total. The van der Waals surface area contributed by atoms with E-state index in [1.807, 2.05) is 30.3 Å². The van der Waals surface area contributed by atoms with Crippen molar-refractivity contribution in [2.45, 2.75) is 6.54 Å². The monoisotopic (exact) mass is 388 g/mol. The van der Waals surface area contributed by atoms with Crippen LogP contribution in [0.15, 0.2) is 67.0 Å². The Bertz CT molecular complexity index is 1120. The Morgan fingerprint density at radius 2 is 1.90 bits per heavy atom. The number of phenols is 1. The first-order valence-electron chi connectivity index (χ1n) is 8.71. The Hall–Kier alpha value is -4.27. The molecule has 144 valence electrons. The zero-order valence-electron chi connectivity index (χ0n) is 15.1. The molecule has 0 aliphatic heterocycles. The number of phenolic OH excluding ortho intramolecular Hbond substituents is 1. The van der Waals surface area contributed by atoms with Crippen LogP contribution in [0, 0.1) is 0 Å². The predicted molar refractivity (Wildman–Crippen MR) is 104 cm³/mol. The summed E-state index contributed by atoms with van der Waals surface area (Å²) in [6, 6.07) is 15.8. The van der Waals surface area contributed by atoms with E-state index in [1.165, 1.54) is 12.1 Å². The summed E-state index contributed by atoms with van der Waals surface area (Å²) in [6.07, 6.45) is 2.59. The van der Waals surface area contributed by atoms with Crippen LogP contribution in [0.2, 0.25) is 0 Å². The SMILES string of the molecule is O=C(NCc1ccccc1)Oc1ccc(O)c(-c2cncc(-c3nnn[nH]3)c2)c1. The average Bonchev–Trinajstić information content (AvgIpc) is 3.30. The van der Waals surface area contributed by atoms with Crippen LogP contribution in [-0.4, -0.2) is 36.8 Å². The van der Waals surface area contributed by atoms with Crippen molar-refractivity contribution in [1.29, 1.82) is 0 Å². The Morgan fingerprint density at radius 1 is 1.07 bits per heavy atom. The van der Waals surface area contributed by atoms with Crippen molar-refractivity contribution in [3.63, 3.8) is 0 Å². The van der Waals surface area contributed by atoms with Gasteiger partial charge in [0.05, 0.1) is 0 Å². The summed E-state index contributed by atoms with van der Waals surface area (Å²) in [5.74, 6) is 0.762. The highest BCUT2D eigenvalue weighted by atomic mass is 16.6. The van der Waals surface area contributed by atoms with Crippen molar-refractivity contribution >= 4 is 6.09 Å². The molecule has 0 saturated heterocycles. The highest BCUT2D eigenvalue weighted by Gasteiger charge is 2.12. The van der Waals surface area contributed by atoms with E-state index in [2.05, 4.69) is 30.9 Å². The second-order valence-electron chi connectivity index (χ2n) is 6.12. The molecule has 0 atom stereocenters. The van der Waals surface area contributed by atoms with E-state index in [0.29, 0.717) is 29.1 Å². The van der Waals surface area contributed by atoms with Gasteiger partial charge in [-0.1, -0.05) is 30.3 Å². The highest BCUT2D eigenvalue weighted by molar-refractivity contribution is 5.76. The standard InChI is InChI=1S/C20H16N6O3/c27-18-7-6-16(29-20(28)22-10-13-4-2-1-3-5-13)9-17(18)14-8-15(12-21-11-14)19-23-25-26-24-19/h1-9,11-12,27H,10H2,(H,22,28)(H,23,24,25,26). The van der Waals surface area contributed by atoms with Crippen LogP contribution in [0.1, 0.15) is 5.56 Å². The van der Waals surface area contributed by atoms with Gasteiger partial charge >= 0.3 is 6.09 Å². The van der Waals surface area contributed by atoms with Crippen LogP contribution < -0.4 is 10.1 Å². The number of hydrogen-bond acceptors (Lipinski definition) is 7. The lowest BCUT2D eigenvalue weighted by Gasteiger charge is -2.10. The third kappa shape index (κ3) is 4.35. The van der Waals surface area contributed by atoms with Gasteiger partial charge in [-0.05, 0) is 40.3 Å². The van der Waals surface area contributed by atoms with Crippen LogP contribution in [0.25, 0.3) is 22.5 Å². The molecule has 0 saturated carbocycles. The van der Waals surface area contributed by atoms with Crippen molar-refractivity contribution in [2.24, 2.45) is 0 Å². The van der Waals surface area contributed by atoms with Crippen LogP contribution in [0.4, 0.5) is 4.79 Å². The lowest BCUT2D eigenvalue weighted by Crippen LogP contribution is -2.26. The van der Waals surface area contributed by atoms with Gasteiger partial charge in [-0.15, -0.1) is 5.10 Å². The van der Waals surface area contributed by atoms with Crippen molar-refractivity contribution in [2.75, 3.05) is 0 Å².